The normalized spacial score (nSPS) is 17.5. The van der Waals surface area contributed by atoms with Gasteiger partial charge in [-0.05, 0) is 30.4 Å². The van der Waals surface area contributed by atoms with Gasteiger partial charge in [0.25, 0.3) is 5.78 Å². The van der Waals surface area contributed by atoms with Crippen LogP contribution in [0.3, 0.4) is 0 Å². The van der Waals surface area contributed by atoms with Crippen LogP contribution < -0.4 is 4.90 Å². The molecular weight excluding hydrogens is 476 g/mol. The molecule has 0 unspecified atom stereocenters. The third-order valence-electron chi connectivity index (χ3n) is 6.04. The maximum Gasteiger partial charge on any atom is 0.350 e. The number of thiazole rings is 1. The molecule has 1 saturated heterocycles. The highest BCUT2D eigenvalue weighted by Crippen LogP contribution is 2.44. The summed E-state index contributed by atoms with van der Waals surface area (Å²) < 4.78 is 5.12. The van der Waals surface area contributed by atoms with Gasteiger partial charge in [0.1, 0.15) is 10.6 Å². The standard InChI is InChI=1S/C28H28N2O5S/c1-6-35-26(34)24-16(2)29-27(36-24)30-21(17-12-14-19(15-13-17)28(3,4)5)20(23(32)25(30)33)22(31)18-10-8-7-9-11-18/h7-15,21,31H,6H2,1-5H3/t21-/m1/s1. The van der Waals surface area contributed by atoms with Crippen LogP contribution in [-0.2, 0) is 19.7 Å². The third-order valence-corrected chi connectivity index (χ3v) is 7.17. The van der Waals surface area contributed by atoms with Crippen LogP contribution in [0.4, 0.5) is 5.13 Å². The molecule has 1 aliphatic rings. The van der Waals surface area contributed by atoms with Crippen molar-refractivity contribution < 1.29 is 24.2 Å². The van der Waals surface area contributed by atoms with E-state index in [0.717, 1.165) is 16.9 Å². The number of esters is 1. The molecule has 1 aliphatic heterocycles. The van der Waals surface area contributed by atoms with Crippen molar-refractivity contribution in [3.05, 3.63) is 87.4 Å². The maximum atomic E-state index is 13.4. The predicted octanol–water partition coefficient (Wildman–Crippen LogP) is 5.55. The summed E-state index contributed by atoms with van der Waals surface area (Å²) >= 11 is 0.989. The molecular formula is C28H28N2O5S. The largest absolute Gasteiger partial charge is 0.507 e. The van der Waals surface area contributed by atoms with Crippen LogP contribution >= 0.6 is 11.3 Å². The van der Waals surface area contributed by atoms with Crippen molar-refractivity contribution in [1.82, 2.24) is 4.98 Å². The van der Waals surface area contributed by atoms with Gasteiger partial charge >= 0.3 is 11.9 Å². The van der Waals surface area contributed by atoms with Crippen molar-refractivity contribution in [3.8, 4) is 0 Å². The number of aryl methyl sites for hydroxylation is 1. The highest BCUT2D eigenvalue weighted by Gasteiger charge is 2.48. The van der Waals surface area contributed by atoms with Crippen LogP contribution in [0.2, 0.25) is 0 Å². The molecule has 0 radical (unpaired) electrons. The molecule has 36 heavy (non-hydrogen) atoms. The number of hydrogen-bond donors (Lipinski definition) is 1. The minimum Gasteiger partial charge on any atom is -0.507 e. The van der Waals surface area contributed by atoms with Crippen molar-refractivity contribution in [2.24, 2.45) is 0 Å². The van der Waals surface area contributed by atoms with Gasteiger partial charge in [0.2, 0.25) is 0 Å². The van der Waals surface area contributed by atoms with E-state index in [-0.39, 0.29) is 33.4 Å². The Morgan fingerprint density at radius 3 is 2.31 bits per heavy atom. The quantitative estimate of drug-likeness (QED) is 0.212. The number of rotatable bonds is 5. The summed E-state index contributed by atoms with van der Waals surface area (Å²) in [6.45, 7) is 9.85. The van der Waals surface area contributed by atoms with Gasteiger partial charge in [-0.2, -0.15) is 0 Å². The molecule has 4 rings (SSSR count). The minimum absolute atomic E-state index is 0.0275. The van der Waals surface area contributed by atoms with Gasteiger partial charge in [0.05, 0.1) is 23.9 Å². The average molecular weight is 505 g/mol. The summed E-state index contributed by atoms with van der Waals surface area (Å²) in [5.74, 6) is -2.43. The smallest absolute Gasteiger partial charge is 0.350 e. The molecule has 1 atom stereocenters. The molecule has 1 amide bonds. The Hall–Kier alpha value is -3.78. The fraction of sp³-hybridized carbons (Fsp3) is 0.286. The fourth-order valence-corrected chi connectivity index (χ4v) is 5.12. The number of ketones is 1. The van der Waals surface area contributed by atoms with Gasteiger partial charge in [0.15, 0.2) is 5.13 Å². The lowest BCUT2D eigenvalue weighted by molar-refractivity contribution is -0.132. The van der Waals surface area contributed by atoms with Crippen LogP contribution in [-0.4, -0.2) is 34.4 Å². The zero-order valence-electron chi connectivity index (χ0n) is 20.9. The lowest BCUT2D eigenvalue weighted by Gasteiger charge is -2.24. The number of carbonyl (C=O) groups is 3. The molecule has 3 aromatic rings. The summed E-state index contributed by atoms with van der Waals surface area (Å²) in [7, 11) is 0. The van der Waals surface area contributed by atoms with Crippen molar-refractivity contribution in [2.75, 3.05) is 11.5 Å². The van der Waals surface area contributed by atoms with Crippen molar-refractivity contribution in [1.29, 1.82) is 0 Å². The lowest BCUT2D eigenvalue weighted by atomic mass is 9.85. The number of nitrogens with zero attached hydrogens (tertiary/aromatic N) is 2. The van der Waals surface area contributed by atoms with Gasteiger partial charge in [-0.25, -0.2) is 9.78 Å². The molecule has 1 fully saturated rings. The number of Topliss-reactive ketones (excluding diaryl/α,β-unsaturated/α-hetero) is 1. The van der Waals surface area contributed by atoms with E-state index >= 15 is 0 Å². The van der Waals surface area contributed by atoms with E-state index in [9.17, 15) is 19.5 Å². The van der Waals surface area contributed by atoms with Crippen LogP contribution in [0.5, 0.6) is 0 Å². The highest BCUT2D eigenvalue weighted by atomic mass is 32.1. The number of hydrogen-bond acceptors (Lipinski definition) is 7. The van der Waals surface area contributed by atoms with Gasteiger partial charge < -0.3 is 9.84 Å². The topological polar surface area (TPSA) is 96.8 Å². The first kappa shape index (κ1) is 25.3. The molecule has 0 aliphatic carbocycles. The van der Waals surface area contributed by atoms with Gasteiger partial charge in [-0.15, -0.1) is 0 Å². The molecule has 1 aromatic heterocycles. The van der Waals surface area contributed by atoms with E-state index < -0.39 is 23.7 Å². The van der Waals surface area contributed by atoms with E-state index in [0.29, 0.717) is 16.8 Å². The molecule has 8 heteroatoms. The van der Waals surface area contributed by atoms with E-state index in [2.05, 4.69) is 25.8 Å². The molecule has 7 nitrogen and oxygen atoms in total. The first-order valence-corrected chi connectivity index (χ1v) is 12.5. The second-order valence-electron chi connectivity index (χ2n) is 9.54. The molecule has 2 aromatic carbocycles. The zero-order chi connectivity index (χ0) is 26.2. The Labute approximate surface area is 214 Å². The molecule has 0 bridgehead atoms. The number of anilines is 1. The minimum atomic E-state index is -0.917. The van der Waals surface area contributed by atoms with Gasteiger partial charge in [0, 0.05) is 5.56 Å². The molecule has 0 saturated carbocycles. The van der Waals surface area contributed by atoms with Gasteiger partial charge in [-0.3, -0.25) is 14.5 Å². The summed E-state index contributed by atoms with van der Waals surface area (Å²) in [5, 5.41) is 11.4. The second-order valence-corrected chi connectivity index (χ2v) is 10.5. The van der Waals surface area contributed by atoms with Gasteiger partial charge in [-0.1, -0.05) is 86.7 Å². The fourth-order valence-electron chi connectivity index (χ4n) is 4.13. The van der Waals surface area contributed by atoms with Crippen LogP contribution in [0, 0.1) is 6.92 Å². The summed E-state index contributed by atoms with van der Waals surface area (Å²) in [6, 6.07) is 15.3. The average Bonchev–Trinajstić information content (AvgIpc) is 3.36. The number of benzene rings is 2. The maximum absolute atomic E-state index is 13.4. The number of aliphatic hydroxyl groups is 1. The first-order chi connectivity index (χ1) is 17.0. The third kappa shape index (κ3) is 4.56. The number of amides is 1. The number of aliphatic hydroxyl groups excluding tert-OH is 1. The molecule has 1 N–H and O–H groups in total. The summed E-state index contributed by atoms with van der Waals surface area (Å²) in [4.78, 5) is 45.1. The van der Waals surface area contributed by atoms with E-state index in [4.69, 9.17) is 4.74 Å². The first-order valence-electron chi connectivity index (χ1n) is 11.7. The van der Waals surface area contributed by atoms with E-state index in [1.54, 1.807) is 44.2 Å². The Bertz CT molecular complexity index is 1350. The van der Waals surface area contributed by atoms with Crippen LogP contribution in [0.25, 0.3) is 5.76 Å². The lowest BCUT2D eigenvalue weighted by Crippen LogP contribution is -2.29. The van der Waals surface area contributed by atoms with Crippen LogP contribution in [0.15, 0.2) is 60.2 Å². The van der Waals surface area contributed by atoms with E-state index in [1.807, 2.05) is 24.3 Å². The summed E-state index contributed by atoms with van der Waals surface area (Å²) in [5.41, 5.74) is 2.44. The SMILES string of the molecule is CCOC(=O)c1sc(N2C(=O)C(=O)C(=C(O)c3ccccc3)[C@H]2c2ccc(C(C)(C)C)cc2)nc1C. The second kappa shape index (κ2) is 9.70. The Kier molecular flexibility index (Phi) is 6.82. The van der Waals surface area contributed by atoms with Crippen molar-refractivity contribution in [3.63, 3.8) is 0 Å². The molecule has 2 heterocycles. The number of carbonyl (C=O) groups excluding carboxylic acids is 3. The Morgan fingerprint density at radius 1 is 1.08 bits per heavy atom. The number of aromatic nitrogens is 1. The Morgan fingerprint density at radius 2 is 1.72 bits per heavy atom. The molecule has 0 spiro atoms. The monoisotopic (exact) mass is 504 g/mol. The number of ether oxygens (including phenoxy) is 1. The van der Waals surface area contributed by atoms with E-state index in [1.165, 1.54) is 4.90 Å². The van der Waals surface area contributed by atoms with Crippen LogP contribution in [0.1, 0.15) is 65.8 Å². The predicted molar refractivity (Wildman–Crippen MR) is 139 cm³/mol. The Balaban J connectivity index is 1.90. The summed E-state index contributed by atoms with van der Waals surface area (Å²) in [6.07, 6.45) is 0. The zero-order valence-corrected chi connectivity index (χ0v) is 21.7. The van der Waals surface area contributed by atoms with Crippen molar-refractivity contribution >= 4 is 39.9 Å². The molecule has 186 valence electrons. The van der Waals surface area contributed by atoms with Crippen molar-refractivity contribution in [2.45, 2.75) is 46.1 Å². The highest BCUT2D eigenvalue weighted by molar-refractivity contribution is 7.17.